The molecule has 1 N–H and O–H groups in total. The van der Waals surface area contributed by atoms with Gasteiger partial charge in [0.05, 0.1) is 17.0 Å². The van der Waals surface area contributed by atoms with Crippen LogP contribution in [-0.4, -0.2) is 23.6 Å². The summed E-state index contributed by atoms with van der Waals surface area (Å²) < 4.78 is 7.12. The minimum Gasteiger partial charge on any atom is -0.505 e. The van der Waals surface area contributed by atoms with Gasteiger partial charge in [0.2, 0.25) is 0 Å². The fourth-order valence-electron chi connectivity index (χ4n) is 1.80. The number of nitrogens with zero attached hydrogens (tertiary/aromatic N) is 1. The molecule has 0 amide bonds. The van der Waals surface area contributed by atoms with E-state index in [2.05, 4.69) is 0 Å². The predicted molar refractivity (Wildman–Crippen MR) is 88.4 cm³/mol. The van der Waals surface area contributed by atoms with Gasteiger partial charge in [-0.3, -0.25) is 0 Å². The Hall–Kier alpha value is -1.07. The maximum Gasteiger partial charge on any atom is 0.149 e. The van der Waals surface area contributed by atoms with Gasteiger partial charge in [-0.2, -0.15) is 0 Å². The normalized spacial score (nSPS) is 10.9. The van der Waals surface area contributed by atoms with Gasteiger partial charge in [0.15, 0.2) is 0 Å². The molecule has 0 radical (unpaired) electrons. The van der Waals surface area contributed by atoms with Crippen molar-refractivity contribution in [2.75, 3.05) is 14.2 Å². The molecule has 2 aromatic rings. The third-order valence-corrected chi connectivity index (χ3v) is 4.27. The van der Waals surface area contributed by atoms with Crippen LogP contribution < -0.4 is 4.74 Å². The van der Waals surface area contributed by atoms with Gasteiger partial charge in [0, 0.05) is 11.6 Å². The summed E-state index contributed by atoms with van der Waals surface area (Å²) in [6.07, 6.45) is 0. The number of halogens is 2. The lowest BCUT2D eigenvalue weighted by molar-refractivity contribution is 0.414. The van der Waals surface area contributed by atoms with Crippen LogP contribution in [0.25, 0.3) is 0 Å². The van der Waals surface area contributed by atoms with Gasteiger partial charge in [0.1, 0.15) is 11.5 Å². The Labute approximate surface area is 138 Å². The molecule has 3 nitrogen and oxygen atoms in total. The number of rotatable bonds is 5. The highest BCUT2D eigenvalue weighted by Gasteiger charge is 2.11. The third-order valence-electron chi connectivity index (χ3n) is 2.81. The average molecular weight is 344 g/mol. The molecule has 0 saturated heterocycles. The maximum atomic E-state index is 9.95. The molecule has 2 aromatic carbocycles. The quantitative estimate of drug-likeness (QED) is 0.786. The Morgan fingerprint density at radius 1 is 1.19 bits per heavy atom. The SMILES string of the molecule is COc1ccc(CN(C)Sc2cc(Cl)cc(Cl)c2O)cc1. The zero-order valence-corrected chi connectivity index (χ0v) is 14.0. The van der Waals surface area contributed by atoms with E-state index in [0.29, 0.717) is 16.5 Å². The maximum absolute atomic E-state index is 9.95. The lowest BCUT2D eigenvalue weighted by Crippen LogP contribution is -2.08. The Balaban J connectivity index is 2.05. The Morgan fingerprint density at radius 3 is 2.48 bits per heavy atom. The van der Waals surface area contributed by atoms with Crippen molar-refractivity contribution in [3.05, 3.63) is 52.0 Å². The van der Waals surface area contributed by atoms with Crippen molar-refractivity contribution < 1.29 is 9.84 Å². The Kier molecular flexibility index (Phi) is 5.65. The number of hydrogen-bond donors (Lipinski definition) is 1. The summed E-state index contributed by atoms with van der Waals surface area (Å²) in [4.78, 5) is 0.628. The van der Waals surface area contributed by atoms with Crippen molar-refractivity contribution in [2.24, 2.45) is 0 Å². The van der Waals surface area contributed by atoms with Crippen LogP contribution in [0.3, 0.4) is 0 Å². The number of phenols is 1. The van der Waals surface area contributed by atoms with E-state index in [0.717, 1.165) is 11.3 Å². The molecule has 0 saturated carbocycles. The Morgan fingerprint density at radius 2 is 1.86 bits per heavy atom. The number of aromatic hydroxyl groups is 1. The number of phenolic OH excluding ortho intramolecular Hbond substituents is 1. The van der Waals surface area contributed by atoms with Gasteiger partial charge in [-0.25, -0.2) is 4.31 Å². The fraction of sp³-hybridized carbons (Fsp3) is 0.200. The highest BCUT2D eigenvalue weighted by molar-refractivity contribution is 7.97. The molecule has 0 aromatic heterocycles. The van der Waals surface area contributed by atoms with Crippen LogP contribution in [0, 0.1) is 0 Å². The smallest absolute Gasteiger partial charge is 0.149 e. The minimum absolute atomic E-state index is 0.0487. The monoisotopic (exact) mass is 343 g/mol. The first-order valence-electron chi connectivity index (χ1n) is 6.19. The second-order valence-electron chi connectivity index (χ2n) is 4.46. The van der Waals surface area contributed by atoms with Gasteiger partial charge in [-0.15, -0.1) is 0 Å². The number of benzene rings is 2. The van der Waals surface area contributed by atoms with Crippen LogP contribution >= 0.6 is 35.1 Å². The van der Waals surface area contributed by atoms with Crippen molar-refractivity contribution in [2.45, 2.75) is 11.4 Å². The van der Waals surface area contributed by atoms with Crippen LogP contribution in [-0.2, 0) is 6.54 Å². The minimum atomic E-state index is 0.0487. The highest BCUT2D eigenvalue weighted by atomic mass is 35.5. The summed E-state index contributed by atoms with van der Waals surface area (Å²) in [5, 5.41) is 10.7. The summed E-state index contributed by atoms with van der Waals surface area (Å²) >= 11 is 13.3. The second-order valence-corrected chi connectivity index (χ2v) is 6.55. The topological polar surface area (TPSA) is 32.7 Å². The summed E-state index contributed by atoms with van der Waals surface area (Å²) in [6, 6.07) is 11.1. The van der Waals surface area contributed by atoms with Crippen LogP contribution in [0.4, 0.5) is 0 Å². The molecule has 0 aliphatic heterocycles. The molecule has 0 aliphatic rings. The van der Waals surface area contributed by atoms with Gasteiger partial charge in [-0.05, 0) is 48.8 Å². The van der Waals surface area contributed by atoms with Crippen molar-refractivity contribution in [3.63, 3.8) is 0 Å². The van der Waals surface area contributed by atoms with E-state index in [4.69, 9.17) is 27.9 Å². The number of methoxy groups -OCH3 is 1. The predicted octanol–water partition coefficient (Wildman–Crippen LogP) is 4.85. The van der Waals surface area contributed by atoms with E-state index < -0.39 is 0 Å². The lowest BCUT2D eigenvalue weighted by Gasteiger charge is -2.17. The standard InChI is InChI=1S/C15H15Cl2NO2S/c1-18(9-10-3-5-12(20-2)6-4-10)21-14-8-11(16)7-13(17)15(14)19/h3-8,19H,9H2,1-2H3. The van der Waals surface area contributed by atoms with E-state index in [-0.39, 0.29) is 10.8 Å². The first-order chi connectivity index (χ1) is 9.99. The molecular formula is C15H15Cl2NO2S. The first-order valence-corrected chi connectivity index (χ1v) is 7.72. The van der Waals surface area contributed by atoms with E-state index in [1.807, 2.05) is 35.6 Å². The molecule has 0 atom stereocenters. The molecule has 0 spiro atoms. The summed E-state index contributed by atoms with van der Waals surface area (Å²) in [7, 11) is 3.58. The largest absolute Gasteiger partial charge is 0.505 e. The number of hydrogen-bond acceptors (Lipinski definition) is 4. The molecule has 0 unspecified atom stereocenters. The van der Waals surface area contributed by atoms with E-state index >= 15 is 0 Å². The molecule has 6 heteroatoms. The molecule has 0 fully saturated rings. The highest BCUT2D eigenvalue weighted by Crippen LogP contribution is 2.38. The van der Waals surface area contributed by atoms with Crippen LogP contribution in [0.15, 0.2) is 41.3 Å². The van der Waals surface area contributed by atoms with Crippen molar-refractivity contribution in [1.82, 2.24) is 4.31 Å². The number of ether oxygens (including phenoxy) is 1. The molecule has 112 valence electrons. The van der Waals surface area contributed by atoms with E-state index in [1.165, 1.54) is 18.0 Å². The van der Waals surface area contributed by atoms with Gasteiger partial charge in [-0.1, -0.05) is 35.3 Å². The molecule has 0 heterocycles. The van der Waals surface area contributed by atoms with Crippen LogP contribution in [0.2, 0.25) is 10.0 Å². The molecular weight excluding hydrogens is 329 g/mol. The molecule has 21 heavy (non-hydrogen) atoms. The van der Waals surface area contributed by atoms with E-state index in [1.54, 1.807) is 13.2 Å². The molecule has 0 bridgehead atoms. The lowest BCUT2D eigenvalue weighted by atomic mass is 10.2. The fourth-order valence-corrected chi connectivity index (χ4v) is 3.34. The summed E-state index contributed by atoms with van der Waals surface area (Å²) in [5.41, 5.74) is 1.14. The average Bonchev–Trinajstić information content (AvgIpc) is 2.45. The second kappa shape index (κ2) is 7.27. The van der Waals surface area contributed by atoms with E-state index in [9.17, 15) is 5.11 Å². The Bertz CT molecular complexity index is 620. The van der Waals surface area contributed by atoms with Crippen molar-refractivity contribution in [1.29, 1.82) is 0 Å². The summed E-state index contributed by atoms with van der Waals surface area (Å²) in [5.74, 6) is 0.876. The zero-order valence-electron chi connectivity index (χ0n) is 11.6. The van der Waals surface area contributed by atoms with Crippen LogP contribution in [0.5, 0.6) is 11.5 Å². The first kappa shape index (κ1) is 16.3. The van der Waals surface area contributed by atoms with Gasteiger partial charge < -0.3 is 9.84 Å². The van der Waals surface area contributed by atoms with Crippen molar-refractivity contribution in [3.8, 4) is 11.5 Å². The molecule has 2 rings (SSSR count). The van der Waals surface area contributed by atoms with Crippen LogP contribution in [0.1, 0.15) is 5.56 Å². The summed E-state index contributed by atoms with van der Waals surface area (Å²) in [6.45, 7) is 0.707. The zero-order chi connectivity index (χ0) is 15.4. The molecule has 0 aliphatic carbocycles. The van der Waals surface area contributed by atoms with Gasteiger partial charge in [0.25, 0.3) is 0 Å². The third kappa shape index (κ3) is 4.45. The van der Waals surface area contributed by atoms with Crippen molar-refractivity contribution >= 4 is 35.1 Å². The van der Waals surface area contributed by atoms with Gasteiger partial charge >= 0.3 is 0 Å².